The van der Waals surface area contributed by atoms with Crippen molar-refractivity contribution in [3.05, 3.63) is 73.8 Å². The maximum absolute atomic E-state index is 12.3. The van der Waals surface area contributed by atoms with Gasteiger partial charge in [0.15, 0.2) is 0 Å². The van der Waals surface area contributed by atoms with Gasteiger partial charge in [-0.25, -0.2) is 19.2 Å². The van der Waals surface area contributed by atoms with Crippen LogP contribution in [0.3, 0.4) is 0 Å². The third kappa shape index (κ3) is 7.07. The van der Waals surface area contributed by atoms with Crippen molar-refractivity contribution < 1.29 is 38.1 Å². The van der Waals surface area contributed by atoms with Crippen LogP contribution in [0.2, 0.25) is 0 Å². The summed E-state index contributed by atoms with van der Waals surface area (Å²) in [5.74, 6) is -0.721. The summed E-state index contributed by atoms with van der Waals surface area (Å²) in [7, 11) is 0. The molecule has 10 heteroatoms. The first-order chi connectivity index (χ1) is 17.4. The second-order valence-corrected chi connectivity index (χ2v) is 7.18. The highest BCUT2D eigenvalue weighted by Crippen LogP contribution is 2.36. The summed E-state index contributed by atoms with van der Waals surface area (Å²) in [5, 5.41) is 7.82. The summed E-state index contributed by atoms with van der Waals surface area (Å²) in [5.41, 5.74) is 0. The van der Waals surface area contributed by atoms with Gasteiger partial charge in [-0.05, 0) is 35.0 Å². The van der Waals surface area contributed by atoms with Crippen molar-refractivity contribution in [2.45, 2.75) is 0 Å². The summed E-state index contributed by atoms with van der Waals surface area (Å²) in [6.07, 6.45) is 0.547. The smallest absolute Gasteiger partial charge is 0.412 e. The summed E-state index contributed by atoms with van der Waals surface area (Å²) in [4.78, 5) is 46.7. The summed E-state index contributed by atoms with van der Waals surface area (Å²) in [6.45, 7) is 6.59. The Morgan fingerprint density at radius 3 is 1.50 bits per heavy atom. The molecule has 0 spiro atoms. The lowest BCUT2D eigenvalue weighted by Crippen LogP contribution is -2.31. The Balaban J connectivity index is 1.76. The molecule has 2 N–H and O–H groups in total. The van der Waals surface area contributed by atoms with Crippen molar-refractivity contribution in [1.29, 1.82) is 0 Å². The lowest BCUT2D eigenvalue weighted by Gasteiger charge is -2.14. The molecular weight excluding hydrogens is 468 g/mol. The van der Waals surface area contributed by atoms with Gasteiger partial charge in [-0.2, -0.15) is 0 Å². The molecule has 0 unspecified atom stereocenters. The highest BCUT2D eigenvalue weighted by Gasteiger charge is 2.15. The first-order valence-electron chi connectivity index (χ1n) is 10.9. The maximum Gasteiger partial charge on any atom is 0.412 e. The van der Waals surface area contributed by atoms with E-state index in [1.807, 2.05) is 36.4 Å². The molecular formula is C26H24N2O8. The van der Waals surface area contributed by atoms with E-state index in [0.717, 1.165) is 22.9 Å². The van der Waals surface area contributed by atoms with Crippen LogP contribution in [0.4, 0.5) is 9.59 Å². The lowest BCUT2D eigenvalue weighted by molar-refractivity contribution is -0.138. The van der Waals surface area contributed by atoms with E-state index in [1.165, 1.54) is 12.1 Å². The first kappa shape index (κ1) is 25.8. The largest absolute Gasteiger partial charge is 0.461 e. The minimum atomic E-state index is -0.750. The predicted molar refractivity (Wildman–Crippen MR) is 132 cm³/mol. The Morgan fingerprint density at radius 1 is 0.694 bits per heavy atom. The molecule has 0 aliphatic heterocycles. The number of carbonyl (C=O) groups is 4. The molecule has 2 amide bonds. The fourth-order valence-corrected chi connectivity index (χ4v) is 3.16. The van der Waals surface area contributed by atoms with Gasteiger partial charge in [-0.3, -0.25) is 0 Å². The summed E-state index contributed by atoms with van der Waals surface area (Å²) in [6, 6.07) is 14.2. The topological polar surface area (TPSA) is 129 Å². The number of nitrogens with one attached hydrogen (secondary N) is 2. The van der Waals surface area contributed by atoms with Gasteiger partial charge in [0.2, 0.25) is 0 Å². The van der Waals surface area contributed by atoms with Crippen LogP contribution in [0.15, 0.2) is 73.8 Å². The van der Waals surface area contributed by atoms with E-state index in [2.05, 4.69) is 23.8 Å². The van der Waals surface area contributed by atoms with Crippen LogP contribution in [0.5, 0.6) is 11.5 Å². The van der Waals surface area contributed by atoms with Crippen LogP contribution in [0, 0.1) is 0 Å². The molecule has 0 aliphatic rings. The van der Waals surface area contributed by atoms with Crippen molar-refractivity contribution in [3.63, 3.8) is 0 Å². The van der Waals surface area contributed by atoms with Crippen molar-refractivity contribution in [3.8, 4) is 11.5 Å². The van der Waals surface area contributed by atoms with Crippen LogP contribution in [0.1, 0.15) is 0 Å². The lowest BCUT2D eigenvalue weighted by atomic mass is 10.0. The van der Waals surface area contributed by atoms with Crippen molar-refractivity contribution >= 4 is 45.7 Å². The fraction of sp³-hybridized carbons (Fsp3) is 0.154. The van der Waals surface area contributed by atoms with E-state index >= 15 is 0 Å². The summed E-state index contributed by atoms with van der Waals surface area (Å²) < 4.78 is 20.5. The number of carbonyl (C=O) groups excluding carboxylic acids is 4. The predicted octanol–water partition coefficient (Wildman–Crippen LogP) is 3.63. The van der Waals surface area contributed by atoms with Crippen molar-refractivity contribution in [2.75, 3.05) is 26.3 Å². The maximum atomic E-state index is 12.3. The number of amides is 2. The molecule has 186 valence electrons. The van der Waals surface area contributed by atoms with Crippen LogP contribution in [0.25, 0.3) is 21.5 Å². The van der Waals surface area contributed by atoms with Gasteiger partial charge in [0.25, 0.3) is 0 Å². The quantitative estimate of drug-likeness (QED) is 0.190. The molecule has 0 fully saturated rings. The van der Waals surface area contributed by atoms with Crippen LogP contribution in [-0.4, -0.2) is 50.4 Å². The molecule has 0 aromatic heterocycles. The zero-order valence-electron chi connectivity index (χ0n) is 19.3. The molecule has 0 aliphatic carbocycles. The zero-order chi connectivity index (χ0) is 25.9. The van der Waals surface area contributed by atoms with E-state index in [9.17, 15) is 19.2 Å². The highest BCUT2D eigenvalue weighted by atomic mass is 16.6. The van der Waals surface area contributed by atoms with Gasteiger partial charge in [-0.1, -0.05) is 37.4 Å². The zero-order valence-corrected chi connectivity index (χ0v) is 19.3. The van der Waals surface area contributed by atoms with E-state index in [0.29, 0.717) is 10.8 Å². The minimum absolute atomic E-state index is 0.0416. The van der Waals surface area contributed by atoms with Crippen LogP contribution < -0.4 is 20.1 Å². The second kappa shape index (κ2) is 12.6. The molecule has 0 radical (unpaired) electrons. The first-order valence-corrected chi connectivity index (χ1v) is 10.9. The average Bonchev–Trinajstić information content (AvgIpc) is 2.89. The van der Waals surface area contributed by atoms with Crippen LogP contribution >= 0.6 is 0 Å². The number of fused-ring (bicyclic) bond motifs is 2. The molecule has 0 saturated heterocycles. The molecule has 3 aromatic carbocycles. The fourth-order valence-electron chi connectivity index (χ4n) is 3.16. The SMILES string of the molecule is C=CC(=O)OCCNC(=O)Oc1ccc(OC(=O)NCCOC(=O)C=C)c2cc3ccccc3cc12. The third-order valence-electron chi connectivity index (χ3n) is 4.77. The molecule has 10 nitrogen and oxygen atoms in total. The Hall–Kier alpha value is -4.86. The normalized spacial score (nSPS) is 10.2. The van der Waals surface area contributed by atoms with Crippen molar-refractivity contribution in [1.82, 2.24) is 10.6 Å². The molecule has 0 atom stereocenters. The van der Waals surface area contributed by atoms with E-state index < -0.39 is 24.1 Å². The molecule has 0 heterocycles. The molecule has 3 aromatic rings. The number of hydrogen-bond donors (Lipinski definition) is 2. The Kier molecular flexibility index (Phi) is 8.99. The second-order valence-electron chi connectivity index (χ2n) is 7.18. The third-order valence-corrected chi connectivity index (χ3v) is 4.77. The van der Waals surface area contributed by atoms with Gasteiger partial charge in [0.05, 0.1) is 13.1 Å². The number of benzene rings is 3. The standard InChI is InChI=1S/C26H24N2O8/c1-3-23(29)33-13-11-27-25(31)35-21-9-10-22(36-26(32)28-12-14-34-24(30)4-2)20-16-18-8-6-5-7-17(18)15-19(20)21/h3-10,15-16H,1-2,11-14H2,(H,27,31)(H,28,32). The monoisotopic (exact) mass is 492 g/mol. The molecule has 36 heavy (non-hydrogen) atoms. The summed E-state index contributed by atoms with van der Waals surface area (Å²) >= 11 is 0. The Labute approximate surface area is 206 Å². The number of hydrogen-bond acceptors (Lipinski definition) is 8. The Bertz CT molecular complexity index is 1220. The Morgan fingerprint density at radius 2 is 1.11 bits per heavy atom. The molecule has 0 bridgehead atoms. The van der Waals surface area contributed by atoms with Gasteiger partial charge in [-0.15, -0.1) is 0 Å². The van der Waals surface area contributed by atoms with E-state index in [4.69, 9.17) is 18.9 Å². The minimum Gasteiger partial charge on any atom is -0.461 e. The van der Waals surface area contributed by atoms with Crippen molar-refractivity contribution in [2.24, 2.45) is 0 Å². The van der Waals surface area contributed by atoms with Gasteiger partial charge < -0.3 is 29.6 Å². The number of rotatable bonds is 10. The van der Waals surface area contributed by atoms with Crippen LogP contribution in [-0.2, 0) is 19.1 Å². The van der Waals surface area contributed by atoms with E-state index in [1.54, 1.807) is 0 Å². The molecule has 0 saturated carbocycles. The number of esters is 2. The van der Waals surface area contributed by atoms with Gasteiger partial charge >= 0.3 is 24.1 Å². The van der Waals surface area contributed by atoms with E-state index in [-0.39, 0.29) is 37.8 Å². The highest BCUT2D eigenvalue weighted by molar-refractivity contribution is 6.04. The van der Waals surface area contributed by atoms with Gasteiger partial charge in [0, 0.05) is 22.9 Å². The molecule has 3 rings (SSSR count). The van der Waals surface area contributed by atoms with Gasteiger partial charge in [0.1, 0.15) is 24.7 Å². The number of ether oxygens (including phenoxy) is 4. The average molecular weight is 492 g/mol.